The molecule has 2 heterocycles. The average Bonchev–Trinajstić information content (AvgIpc) is 2.48. The maximum absolute atomic E-state index is 13.1. The first-order valence-corrected chi connectivity index (χ1v) is 4.33. The van der Waals surface area contributed by atoms with Crippen molar-refractivity contribution >= 4 is 33.2 Å². The molecule has 2 rings (SSSR count). The number of fused-ring (bicyclic) bond motifs is 1. The van der Waals surface area contributed by atoms with Crippen LogP contribution >= 0.6 is 27.5 Å². The molecule has 0 spiro atoms. The average molecular weight is 249 g/mol. The van der Waals surface area contributed by atoms with Gasteiger partial charge in [0.25, 0.3) is 0 Å². The highest BCUT2D eigenvalue weighted by Crippen LogP contribution is 2.26. The van der Waals surface area contributed by atoms with E-state index in [9.17, 15) is 4.39 Å². The van der Waals surface area contributed by atoms with Gasteiger partial charge in [0.05, 0.1) is 4.47 Å². The van der Waals surface area contributed by atoms with Gasteiger partial charge in [-0.15, -0.1) is 0 Å². The van der Waals surface area contributed by atoms with E-state index in [1.165, 1.54) is 0 Å². The molecule has 12 heavy (non-hydrogen) atoms. The van der Waals surface area contributed by atoms with Crippen LogP contribution in [0.2, 0.25) is 5.02 Å². The molecule has 0 radical (unpaired) electrons. The molecule has 62 valence electrons. The van der Waals surface area contributed by atoms with E-state index < -0.39 is 5.82 Å². The molecule has 0 aromatic carbocycles. The van der Waals surface area contributed by atoms with E-state index >= 15 is 0 Å². The van der Waals surface area contributed by atoms with Crippen LogP contribution in [0.25, 0.3) is 5.65 Å². The molecule has 0 aliphatic rings. The summed E-state index contributed by atoms with van der Waals surface area (Å²) < 4.78 is 15.1. The first-order chi connectivity index (χ1) is 5.70. The Kier molecular flexibility index (Phi) is 1.81. The summed E-state index contributed by atoms with van der Waals surface area (Å²) in [6, 6.07) is 0. The Hall–Kier alpha value is -0.610. The molecule has 2 aromatic heterocycles. The molecule has 0 aliphatic carbocycles. The second-order valence-electron chi connectivity index (χ2n) is 2.26. The van der Waals surface area contributed by atoms with Crippen molar-refractivity contribution in [3.63, 3.8) is 0 Å². The Balaban J connectivity index is 2.94. The highest BCUT2D eigenvalue weighted by atomic mass is 79.9. The van der Waals surface area contributed by atoms with E-state index in [2.05, 4.69) is 20.9 Å². The summed E-state index contributed by atoms with van der Waals surface area (Å²) >= 11 is 8.73. The van der Waals surface area contributed by atoms with Gasteiger partial charge >= 0.3 is 0 Å². The molecule has 0 saturated carbocycles. The molecule has 0 aliphatic heterocycles. The maximum Gasteiger partial charge on any atom is 0.161 e. The Morgan fingerprint density at radius 1 is 1.58 bits per heavy atom. The second-order valence-corrected chi connectivity index (χ2v) is 3.50. The van der Waals surface area contributed by atoms with Gasteiger partial charge in [-0.3, -0.25) is 0 Å². The largest absolute Gasteiger partial charge is 0.305 e. The summed E-state index contributed by atoms with van der Waals surface area (Å²) in [6.45, 7) is 0. The van der Waals surface area contributed by atoms with Crippen LogP contribution in [0.4, 0.5) is 4.39 Å². The molecular weight excluding hydrogens is 246 g/mol. The third kappa shape index (κ3) is 1.03. The van der Waals surface area contributed by atoms with Crippen LogP contribution in [-0.4, -0.2) is 9.38 Å². The Bertz CT molecular complexity index is 440. The molecule has 5 heteroatoms. The number of aromatic nitrogens is 2. The van der Waals surface area contributed by atoms with E-state index in [0.717, 1.165) is 0 Å². The molecule has 0 amide bonds. The SMILES string of the molecule is Fc1c(Br)cn2ccnc2c1Cl. The number of imidazole rings is 1. The molecule has 0 N–H and O–H groups in total. The number of rotatable bonds is 0. The number of nitrogens with zero attached hydrogens (tertiary/aromatic N) is 2. The fraction of sp³-hybridized carbons (Fsp3) is 0. The van der Waals surface area contributed by atoms with Crippen LogP contribution in [0.15, 0.2) is 23.1 Å². The van der Waals surface area contributed by atoms with Crippen molar-refractivity contribution in [2.75, 3.05) is 0 Å². The number of pyridine rings is 1. The molecule has 2 nitrogen and oxygen atoms in total. The highest BCUT2D eigenvalue weighted by molar-refractivity contribution is 9.10. The monoisotopic (exact) mass is 248 g/mol. The van der Waals surface area contributed by atoms with Crippen LogP contribution in [0.3, 0.4) is 0 Å². The fourth-order valence-electron chi connectivity index (χ4n) is 0.969. The van der Waals surface area contributed by atoms with Crippen molar-refractivity contribution in [3.8, 4) is 0 Å². The summed E-state index contributed by atoms with van der Waals surface area (Å²) in [5.74, 6) is -0.477. The summed E-state index contributed by atoms with van der Waals surface area (Å²) in [6.07, 6.45) is 4.84. The molecule has 0 unspecified atom stereocenters. The van der Waals surface area contributed by atoms with Crippen molar-refractivity contribution < 1.29 is 4.39 Å². The van der Waals surface area contributed by atoms with Crippen LogP contribution in [0.1, 0.15) is 0 Å². The lowest BCUT2D eigenvalue weighted by molar-refractivity contribution is 0.619. The fourth-order valence-corrected chi connectivity index (χ4v) is 1.75. The smallest absolute Gasteiger partial charge is 0.161 e. The number of hydrogen-bond donors (Lipinski definition) is 0. The minimum absolute atomic E-state index is 0.0365. The van der Waals surface area contributed by atoms with Gasteiger partial charge in [-0.05, 0) is 15.9 Å². The molecule has 0 saturated heterocycles. The molecule has 0 atom stereocenters. The Morgan fingerprint density at radius 3 is 3.08 bits per heavy atom. The zero-order valence-corrected chi connectivity index (χ0v) is 8.10. The van der Waals surface area contributed by atoms with Gasteiger partial charge < -0.3 is 4.40 Å². The standard InChI is InChI=1S/C7H3BrClFN2/c8-4-3-12-2-1-11-7(12)5(9)6(4)10/h1-3H. The summed E-state index contributed by atoms with van der Waals surface area (Å²) in [5, 5.41) is 0.0365. The third-order valence-corrected chi connectivity index (χ3v) is 2.41. The minimum Gasteiger partial charge on any atom is -0.305 e. The summed E-state index contributed by atoms with van der Waals surface area (Å²) in [5.41, 5.74) is 0.428. The zero-order chi connectivity index (χ0) is 8.72. The van der Waals surface area contributed by atoms with Crippen molar-refractivity contribution in [1.82, 2.24) is 9.38 Å². The topological polar surface area (TPSA) is 17.3 Å². The Morgan fingerprint density at radius 2 is 2.33 bits per heavy atom. The van der Waals surface area contributed by atoms with E-state index in [0.29, 0.717) is 10.1 Å². The van der Waals surface area contributed by atoms with E-state index in [-0.39, 0.29) is 5.02 Å². The van der Waals surface area contributed by atoms with Gasteiger partial charge in [-0.25, -0.2) is 9.37 Å². The van der Waals surface area contributed by atoms with Gasteiger partial charge in [-0.1, -0.05) is 11.6 Å². The predicted molar refractivity (Wildman–Crippen MR) is 47.9 cm³/mol. The molecule has 2 aromatic rings. The summed E-state index contributed by atoms with van der Waals surface area (Å²) in [4.78, 5) is 3.89. The van der Waals surface area contributed by atoms with Crippen LogP contribution < -0.4 is 0 Å². The van der Waals surface area contributed by atoms with Gasteiger partial charge in [0.2, 0.25) is 0 Å². The van der Waals surface area contributed by atoms with Crippen molar-refractivity contribution in [3.05, 3.63) is 33.9 Å². The van der Waals surface area contributed by atoms with Crippen molar-refractivity contribution in [2.24, 2.45) is 0 Å². The maximum atomic E-state index is 13.1. The van der Waals surface area contributed by atoms with E-state index in [1.807, 2.05) is 0 Å². The van der Waals surface area contributed by atoms with E-state index in [4.69, 9.17) is 11.6 Å². The first kappa shape index (κ1) is 8.01. The lowest BCUT2D eigenvalue weighted by Gasteiger charge is -1.99. The molecule has 0 bridgehead atoms. The predicted octanol–water partition coefficient (Wildman–Crippen LogP) is 2.89. The lowest BCUT2D eigenvalue weighted by atomic mass is 10.4. The van der Waals surface area contributed by atoms with Crippen molar-refractivity contribution in [2.45, 2.75) is 0 Å². The van der Waals surface area contributed by atoms with Crippen LogP contribution in [0.5, 0.6) is 0 Å². The van der Waals surface area contributed by atoms with Gasteiger partial charge in [0.1, 0.15) is 5.02 Å². The zero-order valence-electron chi connectivity index (χ0n) is 5.76. The highest BCUT2D eigenvalue weighted by Gasteiger charge is 2.10. The molecular formula is C7H3BrClFN2. The Labute approximate surface area is 81.1 Å². The third-order valence-electron chi connectivity index (χ3n) is 1.52. The molecule has 0 fully saturated rings. The summed E-state index contributed by atoms with van der Waals surface area (Å²) in [7, 11) is 0. The van der Waals surface area contributed by atoms with E-state index in [1.54, 1.807) is 23.0 Å². The van der Waals surface area contributed by atoms with Gasteiger partial charge in [0, 0.05) is 18.6 Å². The van der Waals surface area contributed by atoms with Crippen molar-refractivity contribution in [1.29, 1.82) is 0 Å². The van der Waals surface area contributed by atoms with Crippen LogP contribution in [-0.2, 0) is 0 Å². The van der Waals surface area contributed by atoms with Gasteiger partial charge in [-0.2, -0.15) is 0 Å². The number of halogens is 3. The second kappa shape index (κ2) is 2.71. The van der Waals surface area contributed by atoms with Gasteiger partial charge in [0.15, 0.2) is 11.5 Å². The first-order valence-electron chi connectivity index (χ1n) is 3.16. The quantitative estimate of drug-likeness (QED) is 0.702. The lowest BCUT2D eigenvalue weighted by Crippen LogP contribution is -1.89. The normalized spacial score (nSPS) is 10.9. The number of hydrogen-bond acceptors (Lipinski definition) is 1. The van der Waals surface area contributed by atoms with Crippen LogP contribution in [0, 0.1) is 5.82 Å². The minimum atomic E-state index is -0.477.